The van der Waals surface area contributed by atoms with Crippen LogP contribution in [0, 0.1) is 6.92 Å². The third-order valence-electron chi connectivity index (χ3n) is 2.41. The van der Waals surface area contributed by atoms with Gasteiger partial charge in [-0.25, -0.2) is 17.9 Å². The number of aromatic nitrogens is 4. The lowest BCUT2D eigenvalue weighted by molar-refractivity contribution is 0.0686. The van der Waals surface area contributed by atoms with Crippen molar-refractivity contribution in [3.63, 3.8) is 0 Å². The fourth-order valence-corrected chi connectivity index (χ4v) is 2.92. The Kier molecular flexibility index (Phi) is 3.81. The van der Waals surface area contributed by atoms with Gasteiger partial charge in [0, 0.05) is 13.0 Å². The predicted molar refractivity (Wildman–Crippen MR) is 63.5 cm³/mol. The second-order valence-corrected chi connectivity index (χ2v) is 5.53. The second-order valence-electron chi connectivity index (χ2n) is 3.83. The van der Waals surface area contributed by atoms with E-state index in [2.05, 4.69) is 29.6 Å². The molecule has 0 atom stereocenters. The first-order valence-electron chi connectivity index (χ1n) is 5.45. The summed E-state index contributed by atoms with van der Waals surface area (Å²) >= 11 is 0. The van der Waals surface area contributed by atoms with E-state index in [1.807, 2.05) is 0 Å². The Bertz CT molecular complexity index is 705. The van der Waals surface area contributed by atoms with E-state index < -0.39 is 21.7 Å². The molecule has 0 aliphatic heterocycles. The number of carboxylic acids is 1. The van der Waals surface area contributed by atoms with Crippen molar-refractivity contribution in [3.8, 4) is 0 Å². The highest BCUT2D eigenvalue weighted by atomic mass is 32.2. The number of carboxylic acid groups (broad SMARTS) is 1. The van der Waals surface area contributed by atoms with Crippen molar-refractivity contribution in [2.24, 2.45) is 0 Å². The van der Waals surface area contributed by atoms with Crippen LogP contribution in [0.2, 0.25) is 0 Å². The van der Waals surface area contributed by atoms with Gasteiger partial charge in [0.1, 0.15) is 4.90 Å². The molecule has 0 aromatic carbocycles. The smallest absolute Gasteiger partial charge is 0.357 e. The Morgan fingerprint density at radius 2 is 2.30 bits per heavy atom. The maximum Gasteiger partial charge on any atom is 0.357 e. The minimum absolute atomic E-state index is 0.00550. The number of aryl methyl sites for hydroxylation is 1. The normalized spacial score (nSPS) is 11.7. The van der Waals surface area contributed by atoms with Gasteiger partial charge in [0.2, 0.25) is 16.4 Å². The first-order valence-corrected chi connectivity index (χ1v) is 6.93. The molecule has 0 fully saturated rings. The molecule has 0 aliphatic rings. The van der Waals surface area contributed by atoms with E-state index in [-0.39, 0.29) is 23.6 Å². The fourth-order valence-electron chi connectivity index (χ4n) is 1.56. The molecule has 0 saturated carbocycles. The number of hydrogen-bond donors (Lipinski definition) is 3. The molecule has 2 heterocycles. The predicted octanol–water partition coefficient (Wildman–Crippen LogP) is -0.680. The van der Waals surface area contributed by atoms with E-state index in [4.69, 9.17) is 5.11 Å². The standard InChI is InChI=1S/C9H11N5O5S/c1-5-8(7(9(15)16)13-12-5)20(17,18)11-3-2-6-10-4-19-14-6/h4,11H,2-3H2,1H3,(H,12,13)(H,15,16). The van der Waals surface area contributed by atoms with Gasteiger partial charge in [-0.05, 0) is 6.92 Å². The first-order chi connectivity index (χ1) is 9.42. The molecular formula is C9H11N5O5S. The molecule has 108 valence electrons. The van der Waals surface area contributed by atoms with Crippen molar-refractivity contribution in [1.82, 2.24) is 25.1 Å². The van der Waals surface area contributed by atoms with Crippen LogP contribution in [-0.4, -0.2) is 46.4 Å². The third-order valence-corrected chi connectivity index (χ3v) is 4.03. The van der Waals surface area contributed by atoms with Crippen LogP contribution in [0.5, 0.6) is 0 Å². The number of rotatable bonds is 6. The van der Waals surface area contributed by atoms with Crippen LogP contribution in [0.25, 0.3) is 0 Å². The Morgan fingerprint density at radius 3 is 2.90 bits per heavy atom. The zero-order chi connectivity index (χ0) is 14.8. The lowest BCUT2D eigenvalue weighted by atomic mass is 10.4. The van der Waals surface area contributed by atoms with Gasteiger partial charge in [-0.3, -0.25) is 5.10 Å². The molecule has 0 saturated heterocycles. The lowest BCUT2D eigenvalue weighted by Crippen LogP contribution is -2.28. The van der Waals surface area contributed by atoms with E-state index in [0.717, 1.165) is 6.39 Å². The molecule has 0 aliphatic carbocycles. The van der Waals surface area contributed by atoms with Crippen molar-refractivity contribution < 1.29 is 22.8 Å². The zero-order valence-corrected chi connectivity index (χ0v) is 11.1. The van der Waals surface area contributed by atoms with Gasteiger partial charge in [-0.15, -0.1) is 0 Å². The molecule has 0 bridgehead atoms. The van der Waals surface area contributed by atoms with Gasteiger partial charge in [0.15, 0.2) is 11.5 Å². The number of sulfonamides is 1. The Morgan fingerprint density at radius 1 is 1.55 bits per heavy atom. The molecule has 3 N–H and O–H groups in total. The number of H-pyrrole nitrogens is 1. The fraction of sp³-hybridized carbons (Fsp3) is 0.333. The minimum Gasteiger partial charge on any atom is -0.476 e. The minimum atomic E-state index is -3.99. The molecule has 2 rings (SSSR count). The van der Waals surface area contributed by atoms with E-state index in [0.29, 0.717) is 5.82 Å². The molecule has 2 aromatic rings. The van der Waals surface area contributed by atoms with Gasteiger partial charge in [-0.2, -0.15) is 10.1 Å². The summed E-state index contributed by atoms with van der Waals surface area (Å²) in [4.78, 5) is 14.3. The summed E-state index contributed by atoms with van der Waals surface area (Å²) in [5.41, 5.74) is -0.399. The van der Waals surface area contributed by atoms with E-state index in [1.165, 1.54) is 6.92 Å². The van der Waals surface area contributed by atoms with E-state index >= 15 is 0 Å². The van der Waals surface area contributed by atoms with Crippen LogP contribution in [-0.2, 0) is 16.4 Å². The Labute approximate surface area is 113 Å². The van der Waals surface area contributed by atoms with Gasteiger partial charge < -0.3 is 9.63 Å². The summed E-state index contributed by atoms with van der Waals surface area (Å²) in [6.45, 7) is 1.43. The molecular weight excluding hydrogens is 290 g/mol. The van der Waals surface area contributed by atoms with Crippen LogP contribution < -0.4 is 4.72 Å². The third kappa shape index (κ3) is 2.83. The summed E-state index contributed by atoms with van der Waals surface area (Å²) in [6, 6.07) is 0. The number of hydrogen-bond acceptors (Lipinski definition) is 7. The van der Waals surface area contributed by atoms with Crippen molar-refractivity contribution in [2.75, 3.05) is 6.54 Å². The number of aromatic carboxylic acids is 1. The van der Waals surface area contributed by atoms with Crippen molar-refractivity contribution in [3.05, 3.63) is 23.6 Å². The summed E-state index contributed by atoms with van der Waals surface area (Å²) in [5.74, 6) is -1.08. The zero-order valence-electron chi connectivity index (χ0n) is 10.3. The molecule has 0 radical (unpaired) electrons. The van der Waals surface area contributed by atoms with Crippen molar-refractivity contribution in [1.29, 1.82) is 0 Å². The van der Waals surface area contributed by atoms with E-state index in [9.17, 15) is 13.2 Å². The van der Waals surface area contributed by atoms with Crippen molar-refractivity contribution >= 4 is 16.0 Å². The van der Waals surface area contributed by atoms with E-state index in [1.54, 1.807) is 0 Å². The first kappa shape index (κ1) is 14.1. The average Bonchev–Trinajstić information content (AvgIpc) is 2.98. The molecule has 0 unspecified atom stereocenters. The van der Waals surface area contributed by atoms with Gasteiger partial charge in [0.25, 0.3) is 0 Å². The van der Waals surface area contributed by atoms with Gasteiger partial charge >= 0.3 is 5.97 Å². The molecule has 11 heteroatoms. The highest BCUT2D eigenvalue weighted by Gasteiger charge is 2.27. The SMILES string of the molecule is Cc1[nH]nc(C(=O)O)c1S(=O)(=O)NCCc1ncon1. The van der Waals surface area contributed by atoms with Crippen molar-refractivity contribution in [2.45, 2.75) is 18.2 Å². The summed E-state index contributed by atoms with van der Waals surface area (Å²) in [5, 5.41) is 18.2. The summed E-state index contributed by atoms with van der Waals surface area (Å²) in [6.07, 6.45) is 1.35. The second kappa shape index (κ2) is 5.38. The molecule has 0 amide bonds. The highest BCUT2D eigenvalue weighted by molar-refractivity contribution is 7.89. The quantitative estimate of drug-likeness (QED) is 0.634. The topological polar surface area (TPSA) is 151 Å². The maximum absolute atomic E-state index is 12.1. The Hall–Kier alpha value is -2.27. The molecule has 10 nitrogen and oxygen atoms in total. The maximum atomic E-state index is 12.1. The average molecular weight is 301 g/mol. The monoisotopic (exact) mass is 301 g/mol. The van der Waals surface area contributed by atoms with Crippen LogP contribution in [0.4, 0.5) is 0 Å². The largest absolute Gasteiger partial charge is 0.476 e. The highest BCUT2D eigenvalue weighted by Crippen LogP contribution is 2.17. The van der Waals surface area contributed by atoms with Crippen LogP contribution in [0.1, 0.15) is 22.0 Å². The van der Waals surface area contributed by atoms with Gasteiger partial charge in [0.05, 0.1) is 5.69 Å². The van der Waals surface area contributed by atoms with Crippen LogP contribution >= 0.6 is 0 Å². The van der Waals surface area contributed by atoms with Crippen LogP contribution in [0.3, 0.4) is 0 Å². The molecule has 2 aromatic heterocycles. The molecule has 0 spiro atoms. The number of aromatic amines is 1. The number of nitrogens with zero attached hydrogens (tertiary/aromatic N) is 3. The van der Waals surface area contributed by atoms with Gasteiger partial charge in [-0.1, -0.05) is 5.16 Å². The number of carbonyl (C=O) groups is 1. The summed E-state index contributed by atoms with van der Waals surface area (Å²) in [7, 11) is -3.99. The number of nitrogens with one attached hydrogen (secondary N) is 2. The molecule has 20 heavy (non-hydrogen) atoms. The van der Waals surface area contributed by atoms with Crippen LogP contribution in [0.15, 0.2) is 15.8 Å². The lowest BCUT2D eigenvalue weighted by Gasteiger charge is -2.05. The Balaban J connectivity index is 2.14. The summed E-state index contributed by atoms with van der Waals surface area (Å²) < 4.78 is 30.9.